The van der Waals surface area contributed by atoms with Gasteiger partial charge in [-0.25, -0.2) is 9.97 Å². The maximum absolute atomic E-state index is 4.77. The van der Waals surface area contributed by atoms with E-state index < -0.39 is 0 Å². The summed E-state index contributed by atoms with van der Waals surface area (Å²) in [5.74, 6) is 0.939. The highest BCUT2D eigenvalue weighted by Gasteiger charge is 2.15. The number of aromatic nitrogens is 2. The molecule has 0 unspecified atom stereocenters. The van der Waals surface area contributed by atoms with Crippen LogP contribution in [0.2, 0.25) is 0 Å². The normalized spacial score (nSPS) is 16.2. The summed E-state index contributed by atoms with van der Waals surface area (Å²) in [5, 5.41) is 3.37. The van der Waals surface area contributed by atoms with Crippen molar-refractivity contribution >= 4 is 5.95 Å². The Morgan fingerprint density at radius 2 is 1.60 bits per heavy atom. The molecule has 0 saturated carbocycles. The maximum Gasteiger partial charge on any atom is 0.225 e. The number of rotatable bonds is 5. The van der Waals surface area contributed by atoms with Gasteiger partial charge in [-0.1, -0.05) is 19.8 Å². The molecular weight excluding hydrogens is 248 g/mol. The van der Waals surface area contributed by atoms with E-state index in [1.165, 1.54) is 31.2 Å². The second kappa shape index (κ2) is 7.58. The van der Waals surface area contributed by atoms with Gasteiger partial charge in [0.05, 0.1) is 0 Å². The van der Waals surface area contributed by atoms with Gasteiger partial charge in [-0.05, 0) is 51.8 Å². The van der Waals surface area contributed by atoms with Gasteiger partial charge in [0.2, 0.25) is 5.95 Å². The minimum Gasteiger partial charge on any atom is -0.341 e. The van der Waals surface area contributed by atoms with E-state index in [9.17, 15) is 0 Å². The second-order valence-electron chi connectivity index (χ2n) is 5.68. The quantitative estimate of drug-likeness (QED) is 0.839. The van der Waals surface area contributed by atoms with Gasteiger partial charge in [0.1, 0.15) is 0 Å². The van der Waals surface area contributed by atoms with Crippen LogP contribution >= 0.6 is 0 Å². The fourth-order valence-corrected chi connectivity index (χ4v) is 2.89. The number of aryl methyl sites for hydroxylation is 2. The standard InChI is InChI=1S/C16H28N4/c1-4-17-10-9-15-13(2)18-16(19-14(15)3)20-11-7-5-6-8-12-20/h17H,4-12H2,1-3H3. The van der Waals surface area contributed by atoms with Crippen LogP contribution in [0.5, 0.6) is 0 Å². The van der Waals surface area contributed by atoms with Gasteiger partial charge in [-0.15, -0.1) is 0 Å². The zero-order valence-electron chi connectivity index (χ0n) is 13.2. The molecule has 2 rings (SSSR count). The van der Waals surface area contributed by atoms with Gasteiger partial charge in [0.15, 0.2) is 0 Å². The molecule has 2 heterocycles. The Hall–Kier alpha value is -1.16. The minimum atomic E-state index is 0.939. The molecule has 1 fully saturated rings. The van der Waals surface area contributed by atoms with Crippen LogP contribution in [0.4, 0.5) is 5.95 Å². The fourth-order valence-electron chi connectivity index (χ4n) is 2.89. The first-order valence-electron chi connectivity index (χ1n) is 8.02. The van der Waals surface area contributed by atoms with Crippen LogP contribution in [0.1, 0.15) is 49.6 Å². The molecule has 20 heavy (non-hydrogen) atoms. The SMILES string of the molecule is CCNCCc1c(C)nc(N2CCCCCC2)nc1C. The van der Waals surface area contributed by atoms with Crippen LogP contribution in [0.3, 0.4) is 0 Å². The summed E-state index contributed by atoms with van der Waals surface area (Å²) in [7, 11) is 0. The minimum absolute atomic E-state index is 0.939. The summed E-state index contributed by atoms with van der Waals surface area (Å²) < 4.78 is 0. The molecule has 0 aromatic carbocycles. The van der Waals surface area contributed by atoms with Crippen molar-refractivity contribution in [2.75, 3.05) is 31.1 Å². The lowest BCUT2D eigenvalue weighted by molar-refractivity contribution is 0.703. The van der Waals surface area contributed by atoms with Gasteiger partial charge < -0.3 is 10.2 Å². The molecular formula is C16H28N4. The Kier molecular flexibility index (Phi) is 5.77. The van der Waals surface area contributed by atoms with Crippen LogP contribution in [0.25, 0.3) is 0 Å². The van der Waals surface area contributed by atoms with Crippen LogP contribution < -0.4 is 10.2 Å². The predicted molar refractivity (Wildman–Crippen MR) is 84.4 cm³/mol. The van der Waals surface area contributed by atoms with Crippen molar-refractivity contribution in [1.29, 1.82) is 0 Å². The summed E-state index contributed by atoms with van der Waals surface area (Å²) in [6, 6.07) is 0. The number of anilines is 1. The van der Waals surface area contributed by atoms with Crippen molar-refractivity contribution in [2.24, 2.45) is 0 Å². The summed E-state index contributed by atoms with van der Waals surface area (Å²) >= 11 is 0. The number of hydrogen-bond acceptors (Lipinski definition) is 4. The van der Waals surface area contributed by atoms with Crippen molar-refractivity contribution in [2.45, 2.75) is 52.9 Å². The third-order valence-electron chi connectivity index (χ3n) is 4.10. The van der Waals surface area contributed by atoms with Gasteiger partial charge in [0, 0.05) is 24.5 Å². The molecule has 0 radical (unpaired) electrons. The summed E-state index contributed by atoms with van der Waals surface area (Å²) in [5.41, 5.74) is 3.61. The third-order valence-corrected chi connectivity index (χ3v) is 4.10. The second-order valence-corrected chi connectivity index (χ2v) is 5.68. The maximum atomic E-state index is 4.77. The lowest BCUT2D eigenvalue weighted by atomic mass is 10.1. The van der Waals surface area contributed by atoms with Crippen molar-refractivity contribution in [3.63, 3.8) is 0 Å². The van der Waals surface area contributed by atoms with Gasteiger partial charge in [-0.3, -0.25) is 0 Å². The van der Waals surface area contributed by atoms with E-state index in [0.29, 0.717) is 0 Å². The van der Waals surface area contributed by atoms with Crippen molar-refractivity contribution in [3.8, 4) is 0 Å². The molecule has 0 amide bonds. The van der Waals surface area contributed by atoms with Crippen molar-refractivity contribution in [1.82, 2.24) is 15.3 Å². The summed E-state index contributed by atoms with van der Waals surface area (Å²) in [4.78, 5) is 11.9. The van der Waals surface area contributed by atoms with Crippen LogP contribution in [-0.4, -0.2) is 36.1 Å². The van der Waals surface area contributed by atoms with E-state index in [0.717, 1.165) is 49.9 Å². The molecule has 0 aliphatic carbocycles. The van der Waals surface area contributed by atoms with E-state index in [2.05, 4.69) is 31.0 Å². The van der Waals surface area contributed by atoms with Gasteiger partial charge in [-0.2, -0.15) is 0 Å². The Labute approximate surface area is 123 Å². The van der Waals surface area contributed by atoms with Crippen LogP contribution in [-0.2, 0) is 6.42 Å². The first kappa shape index (κ1) is 15.2. The number of nitrogens with one attached hydrogen (secondary N) is 1. The molecule has 0 bridgehead atoms. The summed E-state index contributed by atoms with van der Waals surface area (Å²) in [6.07, 6.45) is 6.24. The molecule has 1 aliphatic heterocycles. The predicted octanol–water partition coefficient (Wildman–Crippen LogP) is 2.63. The topological polar surface area (TPSA) is 41.1 Å². The summed E-state index contributed by atoms with van der Waals surface area (Å²) in [6.45, 7) is 10.6. The Bertz CT molecular complexity index is 399. The third kappa shape index (κ3) is 3.92. The molecule has 0 atom stereocenters. The first-order valence-corrected chi connectivity index (χ1v) is 8.02. The van der Waals surface area contributed by atoms with E-state index >= 15 is 0 Å². The molecule has 1 aromatic heterocycles. The van der Waals surface area contributed by atoms with Crippen molar-refractivity contribution in [3.05, 3.63) is 17.0 Å². The van der Waals surface area contributed by atoms with E-state index in [-0.39, 0.29) is 0 Å². The largest absolute Gasteiger partial charge is 0.341 e. The average molecular weight is 276 g/mol. The van der Waals surface area contributed by atoms with E-state index in [4.69, 9.17) is 9.97 Å². The molecule has 1 aliphatic rings. The van der Waals surface area contributed by atoms with E-state index in [1.807, 2.05) is 0 Å². The molecule has 4 nitrogen and oxygen atoms in total. The first-order chi connectivity index (χ1) is 9.72. The van der Waals surface area contributed by atoms with Gasteiger partial charge >= 0.3 is 0 Å². The lowest BCUT2D eigenvalue weighted by Gasteiger charge is -2.22. The Balaban J connectivity index is 2.11. The van der Waals surface area contributed by atoms with Crippen LogP contribution in [0.15, 0.2) is 0 Å². The highest BCUT2D eigenvalue weighted by atomic mass is 15.2. The molecule has 1 aromatic rings. The highest BCUT2D eigenvalue weighted by molar-refractivity contribution is 5.36. The number of likely N-dealkylation sites (N-methyl/N-ethyl adjacent to an activating group) is 1. The zero-order chi connectivity index (χ0) is 14.4. The Morgan fingerprint density at radius 3 is 2.15 bits per heavy atom. The smallest absolute Gasteiger partial charge is 0.225 e. The number of nitrogens with zero attached hydrogens (tertiary/aromatic N) is 3. The molecule has 112 valence electrons. The number of hydrogen-bond donors (Lipinski definition) is 1. The zero-order valence-corrected chi connectivity index (χ0v) is 13.2. The highest BCUT2D eigenvalue weighted by Crippen LogP contribution is 2.19. The monoisotopic (exact) mass is 276 g/mol. The van der Waals surface area contributed by atoms with Crippen molar-refractivity contribution < 1.29 is 0 Å². The molecule has 4 heteroatoms. The molecule has 1 saturated heterocycles. The average Bonchev–Trinajstić information content (AvgIpc) is 2.70. The van der Waals surface area contributed by atoms with E-state index in [1.54, 1.807) is 0 Å². The molecule has 1 N–H and O–H groups in total. The lowest BCUT2D eigenvalue weighted by Crippen LogP contribution is -2.27. The van der Waals surface area contributed by atoms with Crippen LogP contribution in [0, 0.1) is 13.8 Å². The fraction of sp³-hybridized carbons (Fsp3) is 0.750. The Morgan fingerprint density at radius 1 is 1.00 bits per heavy atom. The van der Waals surface area contributed by atoms with Gasteiger partial charge in [0.25, 0.3) is 0 Å². The molecule has 0 spiro atoms.